The lowest BCUT2D eigenvalue weighted by Crippen LogP contribution is -2.43. The molecule has 2 saturated heterocycles. The molecule has 0 aromatic rings. The van der Waals surface area contributed by atoms with E-state index < -0.39 is 0 Å². The van der Waals surface area contributed by atoms with Gasteiger partial charge in [0.25, 0.3) is 0 Å². The normalized spacial score (nSPS) is 28.8. The summed E-state index contributed by atoms with van der Waals surface area (Å²) >= 11 is 5.44. The number of hydrogen-bond acceptors (Lipinski definition) is 2. The van der Waals surface area contributed by atoms with Gasteiger partial charge >= 0.3 is 0 Å². The lowest BCUT2D eigenvalue weighted by atomic mass is 9.82. The van der Waals surface area contributed by atoms with Crippen molar-refractivity contribution in [2.24, 2.45) is 23.7 Å². The Bertz CT molecular complexity index is 391. The first-order valence-electron chi connectivity index (χ1n) is 10.2. The number of hydrogen-bond donors (Lipinski definition) is 0. The Morgan fingerprint density at radius 3 is 2.21 bits per heavy atom. The zero-order valence-electron chi connectivity index (χ0n) is 16.7. The smallest absolute Gasteiger partial charge is 0.00945 e. The van der Waals surface area contributed by atoms with Gasteiger partial charge in [-0.2, -0.15) is 0 Å². The van der Waals surface area contributed by atoms with Gasteiger partial charge in [-0.05, 0) is 86.9 Å². The van der Waals surface area contributed by atoms with Gasteiger partial charge in [-0.15, -0.1) is 0 Å². The van der Waals surface area contributed by atoms with E-state index in [-0.39, 0.29) is 9.64 Å². The van der Waals surface area contributed by atoms with Crippen molar-refractivity contribution in [3.8, 4) is 0 Å². The van der Waals surface area contributed by atoms with E-state index in [0.717, 1.165) is 29.7 Å². The van der Waals surface area contributed by atoms with E-state index in [1.807, 2.05) is 0 Å². The van der Waals surface area contributed by atoms with Crippen molar-refractivity contribution in [1.82, 2.24) is 9.21 Å². The van der Waals surface area contributed by atoms with Crippen molar-refractivity contribution in [3.63, 3.8) is 0 Å². The second-order valence-electron chi connectivity index (χ2n) is 8.74. The van der Waals surface area contributed by atoms with Gasteiger partial charge in [0.05, 0.1) is 0 Å². The third-order valence-corrected chi connectivity index (χ3v) is 8.49. The molecular formula is C20H40N2S2. The van der Waals surface area contributed by atoms with Gasteiger partial charge in [0.2, 0.25) is 0 Å². The average Bonchev–Trinajstić information content (AvgIpc) is 2.59. The van der Waals surface area contributed by atoms with Crippen molar-refractivity contribution >= 4 is 20.8 Å². The van der Waals surface area contributed by atoms with Crippen LogP contribution in [0.3, 0.4) is 0 Å². The highest BCUT2D eigenvalue weighted by Crippen LogP contribution is 2.30. The fourth-order valence-electron chi connectivity index (χ4n) is 4.61. The van der Waals surface area contributed by atoms with Crippen LogP contribution in [0.25, 0.3) is 0 Å². The molecule has 2 heterocycles. The molecule has 2 aliphatic heterocycles. The SMILES string of the molecule is CC(C)C1CCCN(C(C)CCC(C)C2CCN(S(C)=S)CC2)C1. The number of likely N-dealkylation sites (tertiary alicyclic amines) is 1. The maximum Gasteiger partial charge on any atom is 0.00945 e. The summed E-state index contributed by atoms with van der Waals surface area (Å²) in [5, 5.41) is 0. The zero-order chi connectivity index (χ0) is 17.7. The maximum atomic E-state index is 5.44. The summed E-state index contributed by atoms with van der Waals surface area (Å²) in [5.74, 6) is 3.57. The van der Waals surface area contributed by atoms with Gasteiger partial charge in [0.1, 0.15) is 0 Å². The molecule has 0 aromatic carbocycles. The van der Waals surface area contributed by atoms with Crippen LogP contribution in [0.2, 0.25) is 0 Å². The molecule has 0 N–H and O–H groups in total. The van der Waals surface area contributed by atoms with Gasteiger partial charge in [-0.1, -0.05) is 30.4 Å². The molecule has 0 bridgehead atoms. The molecule has 2 fully saturated rings. The Hall–Kier alpha value is 0.490. The molecule has 0 aromatic heterocycles. The molecule has 2 rings (SSSR count). The van der Waals surface area contributed by atoms with Gasteiger partial charge in [-0.25, -0.2) is 4.31 Å². The predicted molar refractivity (Wildman–Crippen MR) is 112 cm³/mol. The van der Waals surface area contributed by atoms with Crippen LogP contribution in [0.15, 0.2) is 0 Å². The highest BCUT2D eigenvalue weighted by molar-refractivity contribution is 8.27. The number of nitrogens with zero attached hydrogens (tertiary/aromatic N) is 2. The molecule has 4 unspecified atom stereocenters. The Kier molecular flexibility index (Phi) is 8.66. The fraction of sp³-hybridized carbons (Fsp3) is 1.00. The molecule has 0 saturated carbocycles. The molecule has 24 heavy (non-hydrogen) atoms. The number of piperidine rings is 2. The van der Waals surface area contributed by atoms with Gasteiger partial charge in [-0.3, -0.25) is 0 Å². The maximum absolute atomic E-state index is 5.44. The monoisotopic (exact) mass is 372 g/mol. The molecule has 0 radical (unpaired) electrons. The molecule has 4 atom stereocenters. The van der Waals surface area contributed by atoms with Crippen LogP contribution in [0.4, 0.5) is 0 Å². The van der Waals surface area contributed by atoms with Crippen molar-refractivity contribution in [1.29, 1.82) is 0 Å². The Morgan fingerprint density at radius 1 is 0.958 bits per heavy atom. The van der Waals surface area contributed by atoms with E-state index >= 15 is 0 Å². The standard InChI is InChI=1S/C20H40N2S2/c1-16(2)20-7-6-12-21(15-20)18(4)9-8-17(3)19-10-13-22(14-11-19)24(5)23/h16-20H,6-15H2,1-5H3. The van der Waals surface area contributed by atoms with Crippen molar-refractivity contribution in [3.05, 3.63) is 0 Å². The largest absolute Gasteiger partial charge is 0.300 e. The van der Waals surface area contributed by atoms with Crippen LogP contribution in [-0.2, 0) is 20.8 Å². The van der Waals surface area contributed by atoms with Gasteiger partial charge in [0, 0.05) is 31.9 Å². The van der Waals surface area contributed by atoms with E-state index in [4.69, 9.17) is 11.2 Å². The third kappa shape index (κ3) is 6.03. The highest BCUT2D eigenvalue weighted by atomic mass is 32.8. The summed E-state index contributed by atoms with van der Waals surface area (Å²) in [4.78, 5) is 2.78. The van der Waals surface area contributed by atoms with E-state index in [1.54, 1.807) is 0 Å². The molecule has 2 aliphatic rings. The van der Waals surface area contributed by atoms with E-state index in [0.29, 0.717) is 0 Å². The second-order valence-corrected chi connectivity index (χ2v) is 11.5. The molecule has 2 nitrogen and oxygen atoms in total. The van der Waals surface area contributed by atoms with E-state index in [2.05, 4.69) is 43.2 Å². The summed E-state index contributed by atoms with van der Waals surface area (Å²) in [6.07, 6.45) is 10.5. The van der Waals surface area contributed by atoms with E-state index in [9.17, 15) is 0 Å². The van der Waals surface area contributed by atoms with E-state index in [1.165, 1.54) is 64.7 Å². The molecule has 142 valence electrons. The lowest BCUT2D eigenvalue weighted by Gasteiger charge is -2.39. The molecule has 0 amide bonds. The minimum Gasteiger partial charge on any atom is -0.300 e. The summed E-state index contributed by atoms with van der Waals surface area (Å²) in [6.45, 7) is 14.9. The first kappa shape index (κ1) is 20.8. The van der Waals surface area contributed by atoms with Crippen LogP contribution in [0, 0.1) is 23.7 Å². The summed E-state index contributed by atoms with van der Waals surface area (Å²) in [5.41, 5.74) is 0. The summed E-state index contributed by atoms with van der Waals surface area (Å²) in [6, 6.07) is 0.767. The lowest BCUT2D eigenvalue weighted by molar-refractivity contribution is 0.0983. The molecular weight excluding hydrogens is 332 g/mol. The fourth-order valence-corrected chi connectivity index (χ4v) is 5.78. The van der Waals surface area contributed by atoms with Crippen LogP contribution >= 0.6 is 0 Å². The van der Waals surface area contributed by atoms with Crippen molar-refractivity contribution < 1.29 is 0 Å². The van der Waals surface area contributed by atoms with Gasteiger partial charge < -0.3 is 4.90 Å². The van der Waals surface area contributed by atoms with Crippen LogP contribution < -0.4 is 0 Å². The molecule has 0 aliphatic carbocycles. The molecule has 4 heteroatoms. The first-order chi connectivity index (χ1) is 11.4. The Labute approximate surface area is 158 Å². The quantitative estimate of drug-likeness (QED) is 0.650. The average molecular weight is 373 g/mol. The minimum atomic E-state index is 0.0579. The summed E-state index contributed by atoms with van der Waals surface area (Å²) < 4.78 is 2.50. The van der Waals surface area contributed by atoms with Crippen molar-refractivity contribution in [2.75, 3.05) is 32.4 Å². The third-order valence-electron chi connectivity index (χ3n) is 6.76. The number of rotatable bonds is 7. The zero-order valence-corrected chi connectivity index (χ0v) is 18.3. The van der Waals surface area contributed by atoms with Crippen molar-refractivity contribution in [2.45, 2.75) is 72.3 Å². The highest BCUT2D eigenvalue weighted by Gasteiger charge is 2.27. The minimum absolute atomic E-state index is 0.0579. The second kappa shape index (κ2) is 9.99. The topological polar surface area (TPSA) is 6.48 Å². The predicted octanol–water partition coefficient (Wildman–Crippen LogP) is 4.50. The Balaban J connectivity index is 1.71. The van der Waals surface area contributed by atoms with Crippen LogP contribution in [0.1, 0.15) is 66.2 Å². The first-order valence-corrected chi connectivity index (χ1v) is 12.7. The summed E-state index contributed by atoms with van der Waals surface area (Å²) in [7, 11) is 0.0579. The van der Waals surface area contributed by atoms with Crippen LogP contribution in [0.5, 0.6) is 0 Å². The van der Waals surface area contributed by atoms with Crippen LogP contribution in [-0.4, -0.2) is 47.7 Å². The molecule has 0 spiro atoms. The Morgan fingerprint density at radius 2 is 1.62 bits per heavy atom. The van der Waals surface area contributed by atoms with Gasteiger partial charge in [0.15, 0.2) is 0 Å².